The lowest BCUT2D eigenvalue weighted by Crippen LogP contribution is -2.32. The molecule has 1 amide bonds. The number of nitrogens with one attached hydrogen (secondary N) is 1. The second kappa shape index (κ2) is 8.20. The summed E-state index contributed by atoms with van der Waals surface area (Å²) in [5, 5.41) is 8.23. The quantitative estimate of drug-likeness (QED) is 0.458. The minimum Gasteiger partial charge on any atom is -0.364 e. The van der Waals surface area contributed by atoms with E-state index in [1.165, 1.54) is 24.1 Å². The van der Waals surface area contributed by atoms with E-state index in [-0.39, 0.29) is 5.69 Å². The zero-order valence-electron chi connectivity index (χ0n) is 17.5. The van der Waals surface area contributed by atoms with Crippen LogP contribution in [0.25, 0.3) is 4.91 Å². The van der Waals surface area contributed by atoms with Gasteiger partial charge in [-0.1, -0.05) is 0 Å². The summed E-state index contributed by atoms with van der Waals surface area (Å²) in [6, 6.07) is 6.04. The smallest absolute Gasteiger partial charge is 0.267 e. The third kappa shape index (κ3) is 4.57. The van der Waals surface area contributed by atoms with Crippen molar-refractivity contribution in [1.82, 2.24) is 14.9 Å². The summed E-state index contributed by atoms with van der Waals surface area (Å²) < 4.78 is 0. The fraction of sp³-hybridized carbons (Fsp3) is 0.417. The fourth-order valence-electron chi connectivity index (χ4n) is 4.28. The summed E-state index contributed by atoms with van der Waals surface area (Å²) in [5.74, 6) is 0.453. The van der Waals surface area contributed by atoms with Crippen molar-refractivity contribution in [2.45, 2.75) is 51.1 Å². The number of rotatable bonds is 7. The third-order valence-electron chi connectivity index (χ3n) is 6.35. The summed E-state index contributed by atoms with van der Waals surface area (Å²) in [5.41, 5.74) is 11.8. The molecule has 6 nitrogen and oxygen atoms in total. The second-order valence-corrected chi connectivity index (χ2v) is 9.41. The van der Waals surface area contributed by atoms with Crippen LogP contribution in [-0.2, 0) is 19.5 Å². The largest absolute Gasteiger partial charge is 0.364 e. The molecule has 0 bridgehead atoms. The molecule has 0 aromatic carbocycles. The molecule has 31 heavy (non-hydrogen) atoms. The Morgan fingerprint density at radius 3 is 2.81 bits per heavy atom. The number of hydrogen-bond acceptors (Lipinski definition) is 6. The van der Waals surface area contributed by atoms with E-state index < -0.39 is 5.91 Å². The first-order chi connectivity index (χ1) is 15.0. The topological polar surface area (TPSA) is 96.0 Å². The number of carbonyl (C=O) groups excluding carboxylic acids is 1. The average molecular weight is 434 g/mol. The molecular formula is C24H27N5OS. The van der Waals surface area contributed by atoms with E-state index in [2.05, 4.69) is 39.6 Å². The zero-order valence-corrected chi connectivity index (χ0v) is 18.4. The van der Waals surface area contributed by atoms with Gasteiger partial charge < -0.3 is 11.1 Å². The number of amides is 1. The monoisotopic (exact) mass is 433 g/mol. The Kier molecular flexibility index (Phi) is 5.40. The van der Waals surface area contributed by atoms with E-state index in [9.17, 15) is 4.79 Å². The maximum Gasteiger partial charge on any atom is 0.267 e. The van der Waals surface area contributed by atoms with Crippen molar-refractivity contribution in [3.05, 3.63) is 64.2 Å². The van der Waals surface area contributed by atoms with Gasteiger partial charge in [0, 0.05) is 54.0 Å². The molecule has 3 N–H and O–H groups in total. The zero-order chi connectivity index (χ0) is 21.5. The summed E-state index contributed by atoms with van der Waals surface area (Å²) in [7, 11) is 0. The summed E-state index contributed by atoms with van der Waals surface area (Å²) in [6.07, 6.45) is 9.19. The Bertz CT molecular complexity index is 1090. The first-order valence-corrected chi connectivity index (χ1v) is 11.4. The van der Waals surface area contributed by atoms with E-state index in [4.69, 9.17) is 11.1 Å². The number of thiol groups is 1. The fourth-order valence-corrected chi connectivity index (χ4v) is 4.61. The van der Waals surface area contributed by atoms with Crippen molar-refractivity contribution < 1.29 is 4.79 Å². The van der Waals surface area contributed by atoms with Crippen LogP contribution >= 0.6 is 12.6 Å². The third-order valence-corrected chi connectivity index (χ3v) is 6.72. The minimum absolute atomic E-state index is 0.258. The number of nitrogens with zero attached hydrogens (tertiary/aromatic N) is 3. The van der Waals surface area contributed by atoms with Crippen molar-refractivity contribution in [1.29, 1.82) is 5.41 Å². The van der Waals surface area contributed by atoms with Crippen LogP contribution in [0.15, 0.2) is 30.5 Å². The normalized spacial score (nSPS) is 19.2. The van der Waals surface area contributed by atoms with Gasteiger partial charge in [-0.15, -0.1) is 12.6 Å². The molecule has 5 rings (SSSR count). The molecule has 7 heteroatoms. The number of aromatic nitrogens is 2. The number of allylic oxidation sites excluding steroid dienone is 1. The van der Waals surface area contributed by atoms with Crippen LogP contribution in [0.1, 0.15) is 70.2 Å². The molecule has 3 heterocycles. The van der Waals surface area contributed by atoms with Crippen LogP contribution in [-0.4, -0.2) is 33.0 Å². The predicted octanol–water partition coefficient (Wildman–Crippen LogP) is 3.71. The minimum atomic E-state index is -0.539. The Morgan fingerprint density at radius 2 is 2.10 bits per heavy atom. The number of pyridine rings is 2. The van der Waals surface area contributed by atoms with Crippen molar-refractivity contribution in [3.8, 4) is 0 Å². The van der Waals surface area contributed by atoms with Gasteiger partial charge in [-0.25, -0.2) is 4.98 Å². The van der Waals surface area contributed by atoms with E-state index in [1.54, 1.807) is 6.07 Å². The number of carbonyl (C=O) groups is 1. The molecule has 160 valence electrons. The van der Waals surface area contributed by atoms with E-state index in [1.807, 2.05) is 12.3 Å². The van der Waals surface area contributed by atoms with Gasteiger partial charge in [-0.2, -0.15) is 0 Å². The van der Waals surface area contributed by atoms with Crippen LogP contribution in [0, 0.1) is 11.3 Å². The summed E-state index contributed by atoms with van der Waals surface area (Å²) in [4.78, 5) is 24.1. The van der Waals surface area contributed by atoms with Gasteiger partial charge in [0.05, 0.1) is 5.69 Å². The van der Waals surface area contributed by atoms with Crippen molar-refractivity contribution >= 4 is 29.2 Å². The highest BCUT2D eigenvalue weighted by atomic mass is 32.1. The van der Waals surface area contributed by atoms with Crippen LogP contribution in [0.3, 0.4) is 0 Å². The number of hydrogen-bond donors (Lipinski definition) is 3. The Hall–Kier alpha value is -2.51. The van der Waals surface area contributed by atoms with Gasteiger partial charge in [0.15, 0.2) is 0 Å². The van der Waals surface area contributed by atoms with Crippen molar-refractivity contribution in [2.24, 2.45) is 11.7 Å². The molecule has 2 fully saturated rings. The molecule has 0 saturated heterocycles. The first-order valence-electron chi connectivity index (χ1n) is 11.0. The maximum atomic E-state index is 11.9. The lowest BCUT2D eigenvalue weighted by atomic mass is 9.96. The van der Waals surface area contributed by atoms with Crippen molar-refractivity contribution in [2.75, 3.05) is 6.54 Å². The average Bonchev–Trinajstić information content (AvgIpc) is 3.64. The van der Waals surface area contributed by atoms with Crippen molar-refractivity contribution in [3.63, 3.8) is 0 Å². The molecule has 3 aliphatic rings. The molecule has 0 unspecified atom stereocenters. The van der Waals surface area contributed by atoms with Gasteiger partial charge >= 0.3 is 0 Å². The van der Waals surface area contributed by atoms with Gasteiger partial charge in [0.25, 0.3) is 5.91 Å². The van der Waals surface area contributed by atoms with Crippen LogP contribution in [0.4, 0.5) is 0 Å². The van der Waals surface area contributed by atoms with Gasteiger partial charge in [-0.3, -0.25) is 14.7 Å². The lowest BCUT2D eigenvalue weighted by Gasteiger charge is -2.30. The number of fused-ring (bicyclic) bond motifs is 1. The number of primary amides is 1. The molecule has 0 radical (unpaired) electrons. The second-order valence-electron chi connectivity index (χ2n) is 8.93. The summed E-state index contributed by atoms with van der Waals surface area (Å²) >= 11 is 4.69. The van der Waals surface area contributed by atoms with Crippen LogP contribution in [0.5, 0.6) is 0 Å². The van der Waals surface area contributed by atoms with E-state index in [0.717, 1.165) is 54.1 Å². The lowest BCUT2D eigenvalue weighted by molar-refractivity contribution is 0.0994. The molecule has 2 aromatic heterocycles. The SMILES string of the molecule is N=C(/C=C(\S)c1cc(C(N)=O)nc2c1CCN(Cc1ccnc(C3CC3)c1)C2)C1CC1. The Morgan fingerprint density at radius 1 is 1.29 bits per heavy atom. The molecule has 2 aromatic rings. The van der Waals surface area contributed by atoms with Crippen LogP contribution in [0.2, 0.25) is 0 Å². The molecular weight excluding hydrogens is 406 g/mol. The van der Waals surface area contributed by atoms with Gasteiger partial charge in [0.2, 0.25) is 0 Å². The maximum absolute atomic E-state index is 11.9. The highest BCUT2D eigenvalue weighted by molar-refractivity contribution is 7.90. The van der Waals surface area contributed by atoms with E-state index >= 15 is 0 Å². The molecule has 0 spiro atoms. The molecule has 2 aliphatic carbocycles. The highest BCUT2D eigenvalue weighted by Gasteiger charge is 2.28. The molecule has 1 aliphatic heterocycles. The highest BCUT2D eigenvalue weighted by Crippen LogP contribution is 2.39. The number of nitrogens with two attached hydrogens (primary N) is 1. The summed E-state index contributed by atoms with van der Waals surface area (Å²) in [6.45, 7) is 2.39. The predicted molar refractivity (Wildman–Crippen MR) is 124 cm³/mol. The standard InChI is InChI=1S/C24H27N5OS/c25-19(15-1-2-15)11-23(31)18-10-21(24(26)30)28-22-13-29(8-6-17(18)22)12-14-5-7-27-20(9-14)16-3-4-16/h5,7,9-11,15-16,25,31H,1-4,6,8,12-13H2,(H2,26,30)/b23-11-,25-19?. The van der Waals surface area contributed by atoms with Crippen LogP contribution < -0.4 is 5.73 Å². The van der Waals surface area contributed by atoms with E-state index in [0.29, 0.717) is 24.1 Å². The van der Waals surface area contributed by atoms with Gasteiger partial charge in [0.1, 0.15) is 5.69 Å². The van der Waals surface area contributed by atoms with Gasteiger partial charge in [-0.05, 0) is 73.1 Å². The first kappa shape index (κ1) is 20.4. The Labute approximate surface area is 187 Å². The Balaban J connectivity index is 1.40. The molecule has 2 saturated carbocycles. The molecule has 0 atom stereocenters.